The molecule has 17 heavy (non-hydrogen) atoms. The second-order valence-electron chi connectivity index (χ2n) is 4.74. The summed E-state index contributed by atoms with van der Waals surface area (Å²) < 4.78 is 13.3. The van der Waals surface area contributed by atoms with Crippen LogP contribution in [0.2, 0.25) is 0 Å². The molecule has 0 aliphatic carbocycles. The van der Waals surface area contributed by atoms with Crippen molar-refractivity contribution >= 4 is 10.8 Å². The Morgan fingerprint density at radius 3 is 2.76 bits per heavy atom. The zero-order valence-electron chi connectivity index (χ0n) is 11.1. The Balaban J connectivity index is 2.57. The van der Waals surface area contributed by atoms with E-state index in [0.29, 0.717) is 12.1 Å². The Bertz CT molecular complexity index is 362. The quantitative estimate of drug-likeness (QED) is 0.809. The Morgan fingerprint density at radius 2 is 2.18 bits per heavy atom. The second kappa shape index (κ2) is 6.91. The Hall–Kier alpha value is -0.680. The molecule has 0 aliphatic rings. The first kappa shape index (κ1) is 14.4. The molecule has 0 saturated carbocycles. The van der Waals surface area contributed by atoms with Gasteiger partial charge in [0.1, 0.15) is 0 Å². The van der Waals surface area contributed by atoms with Gasteiger partial charge in [0.05, 0.1) is 12.0 Å². The molecule has 0 radical (unpaired) electrons. The van der Waals surface area contributed by atoms with Gasteiger partial charge in [-0.25, -0.2) is 4.98 Å². The van der Waals surface area contributed by atoms with Crippen molar-refractivity contribution < 1.29 is 4.21 Å². The molecule has 0 fully saturated rings. The number of hydrogen-bond donors (Lipinski definition) is 1. The van der Waals surface area contributed by atoms with E-state index in [9.17, 15) is 4.21 Å². The van der Waals surface area contributed by atoms with E-state index in [1.165, 1.54) is 5.69 Å². The van der Waals surface area contributed by atoms with Gasteiger partial charge in [0.2, 0.25) is 0 Å². The number of hydrogen-bond acceptors (Lipinski definition) is 3. The van der Waals surface area contributed by atoms with Crippen LogP contribution in [0.5, 0.6) is 0 Å². The van der Waals surface area contributed by atoms with Gasteiger partial charge in [-0.3, -0.25) is 4.21 Å². The molecular weight excluding hydrogens is 234 g/mol. The second-order valence-corrected chi connectivity index (χ2v) is 6.30. The summed E-state index contributed by atoms with van der Waals surface area (Å²) in [7, 11) is -0.715. The summed E-state index contributed by atoms with van der Waals surface area (Å²) in [6.07, 6.45) is 6.44. The van der Waals surface area contributed by atoms with Crippen molar-refractivity contribution in [1.29, 1.82) is 0 Å². The molecule has 0 aliphatic heterocycles. The minimum atomic E-state index is -0.715. The van der Waals surface area contributed by atoms with Crippen LogP contribution in [0.4, 0.5) is 0 Å². The molecule has 1 rings (SSSR count). The van der Waals surface area contributed by atoms with Crippen LogP contribution in [-0.4, -0.2) is 31.8 Å². The summed E-state index contributed by atoms with van der Waals surface area (Å²) in [5.41, 5.74) is 1.19. The summed E-state index contributed by atoms with van der Waals surface area (Å²) in [4.78, 5) is 4.20. The average Bonchev–Trinajstić information content (AvgIpc) is 2.71. The zero-order chi connectivity index (χ0) is 12.8. The van der Waals surface area contributed by atoms with Gasteiger partial charge < -0.3 is 9.88 Å². The van der Waals surface area contributed by atoms with Crippen molar-refractivity contribution in [2.75, 3.05) is 12.0 Å². The van der Waals surface area contributed by atoms with Crippen LogP contribution in [0.15, 0.2) is 12.5 Å². The molecule has 0 spiro atoms. The smallest absolute Gasteiger partial charge is 0.0951 e. The van der Waals surface area contributed by atoms with Gasteiger partial charge in [0.25, 0.3) is 0 Å². The number of imidazole rings is 1. The van der Waals surface area contributed by atoms with E-state index in [1.54, 1.807) is 6.26 Å². The molecule has 1 aromatic rings. The third kappa shape index (κ3) is 5.00. The average molecular weight is 257 g/mol. The molecule has 5 heteroatoms. The molecule has 0 aromatic carbocycles. The standard InChI is InChI=1S/C12H23N3OS/c1-10(2)14-8-12-7-13-9-15(12)11(3)5-6-17(4)16/h7,9-11,14H,5-6,8H2,1-4H3. The highest BCUT2D eigenvalue weighted by Crippen LogP contribution is 2.14. The molecule has 2 atom stereocenters. The fourth-order valence-corrected chi connectivity index (χ4v) is 2.32. The van der Waals surface area contributed by atoms with Crippen molar-refractivity contribution in [2.24, 2.45) is 0 Å². The largest absolute Gasteiger partial charge is 0.331 e. The van der Waals surface area contributed by atoms with E-state index in [1.807, 2.05) is 12.5 Å². The van der Waals surface area contributed by atoms with Crippen LogP contribution < -0.4 is 5.32 Å². The summed E-state index contributed by atoms with van der Waals surface area (Å²) in [6.45, 7) is 7.24. The molecule has 4 nitrogen and oxygen atoms in total. The number of rotatable bonds is 7. The van der Waals surface area contributed by atoms with Crippen molar-refractivity contribution in [3.8, 4) is 0 Å². The van der Waals surface area contributed by atoms with Crippen LogP contribution >= 0.6 is 0 Å². The molecular formula is C12H23N3OS. The van der Waals surface area contributed by atoms with Crippen LogP contribution in [0.1, 0.15) is 38.9 Å². The fraction of sp³-hybridized carbons (Fsp3) is 0.750. The lowest BCUT2D eigenvalue weighted by molar-refractivity contribution is 0.490. The third-order valence-electron chi connectivity index (χ3n) is 2.74. The molecule has 0 amide bonds. The van der Waals surface area contributed by atoms with Crippen molar-refractivity contribution in [1.82, 2.24) is 14.9 Å². The Labute approximate surface area is 106 Å². The molecule has 1 aromatic heterocycles. The van der Waals surface area contributed by atoms with Crippen molar-refractivity contribution in [2.45, 2.75) is 45.8 Å². The van der Waals surface area contributed by atoms with Gasteiger partial charge >= 0.3 is 0 Å². The minimum Gasteiger partial charge on any atom is -0.331 e. The van der Waals surface area contributed by atoms with Crippen molar-refractivity contribution in [3.63, 3.8) is 0 Å². The molecule has 0 bridgehead atoms. The SMILES string of the molecule is CC(C)NCc1cncn1C(C)CCS(C)=O. The van der Waals surface area contributed by atoms with Crippen LogP contribution in [0.3, 0.4) is 0 Å². The topological polar surface area (TPSA) is 46.9 Å². The first-order valence-electron chi connectivity index (χ1n) is 6.04. The lowest BCUT2D eigenvalue weighted by Gasteiger charge is -2.17. The number of aromatic nitrogens is 2. The Kier molecular flexibility index (Phi) is 5.85. The lowest BCUT2D eigenvalue weighted by Crippen LogP contribution is -2.24. The van der Waals surface area contributed by atoms with E-state index in [2.05, 4.69) is 35.6 Å². The maximum Gasteiger partial charge on any atom is 0.0951 e. The highest BCUT2D eigenvalue weighted by atomic mass is 32.2. The van der Waals surface area contributed by atoms with Gasteiger partial charge in [-0.05, 0) is 13.3 Å². The fourth-order valence-electron chi connectivity index (χ4n) is 1.65. The van der Waals surface area contributed by atoms with E-state index in [4.69, 9.17) is 0 Å². The van der Waals surface area contributed by atoms with Gasteiger partial charge in [0.15, 0.2) is 0 Å². The van der Waals surface area contributed by atoms with E-state index < -0.39 is 10.8 Å². The summed E-state index contributed by atoms with van der Waals surface area (Å²) in [5, 5.41) is 3.39. The maximum absolute atomic E-state index is 11.1. The summed E-state index contributed by atoms with van der Waals surface area (Å²) in [6, 6.07) is 0.821. The van der Waals surface area contributed by atoms with Crippen LogP contribution in [0, 0.1) is 0 Å². The lowest BCUT2D eigenvalue weighted by atomic mass is 10.2. The highest BCUT2D eigenvalue weighted by molar-refractivity contribution is 7.84. The van der Waals surface area contributed by atoms with E-state index in [0.717, 1.165) is 18.7 Å². The normalized spacial score (nSPS) is 15.1. The number of nitrogens with one attached hydrogen (secondary N) is 1. The van der Waals surface area contributed by atoms with Gasteiger partial charge in [0, 0.05) is 47.6 Å². The van der Waals surface area contributed by atoms with E-state index in [-0.39, 0.29) is 0 Å². The third-order valence-corrected chi connectivity index (χ3v) is 3.55. The molecule has 98 valence electrons. The first-order valence-corrected chi connectivity index (χ1v) is 7.77. The molecule has 0 saturated heterocycles. The highest BCUT2D eigenvalue weighted by Gasteiger charge is 2.10. The Morgan fingerprint density at radius 1 is 1.47 bits per heavy atom. The zero-order valence-corrected chi connectivity index (χ0v) is 12.0. The van der Waals surface area contributed by atoms with Gasteiger partial charge in [-0.2, -0.15) is 0 Å². The van der Waals surface area contributed by atoms with Gasteiger partial charge in [-0.1, -0.05) is 13.8 Å². The predicted octanol–water partition coefficient (Wildman–Crippen LogP) is 1.71. The molecule has 2 unspecified atom stereocenters. The predicted molar refractivity (Wildman–Crippen MR) is 72.5 cm³/mol. The molecule has 1 heterocycles. The van der Waals surface area contributed by atoms with Crippen LogP contribution in [0.25, 0.3) is 0 Å². The summed E-state index contributed by atoms with van der Waals surface area (Å²) >= 11 is 0. The number of nitrogens with zero attached hydrogens (tertiary/aromatic N) is 2. The first-order chi connectivity index (χ1) is 8.00. The maximum atomic E-state index is 11.1. The van der Waals surface area contributed by atoms with E-state index >= 15 is 0 Å². The van der Waals surface area contributed by atoms with Crippen LogP contribution in [-0.2, 0) is 17.3 Å². The minimum absolute atomic E-state index is 0.352. The molecule has 1 N–H and O–H groups in total. The van der Waals surface area contributed by atoms with Gasteiger partial charge in [-0.15, -0.1) is 0 Å². The van der Waals surface area contributed by atoms with Crippen molar-refractivity contribution in [3.05, 3.63) is 18.2 Å². The summed E-state index contributed by atoms with van der Waals surface area (Å²) in [5.74, 6) is 0.746. The monoisotopic (exact) mass is 257 g/mol.